The van der Waals surface area contributed by atoms with Crippen LogP contribution in [0.5, 0.6) is 11.5 Å². The van der Waals surface area contributed by atoms with Crippen LogP contribution >= 0.6 is 0 Å². The summed E-state index contributed by atoms with van der Waals surface area (Å²) >= 11 is 0. The third kappa shape index (κ3) is 3.77. The summed E-state index contributed by atoms with van der Waals surface area (Å²) < 4.78 is 12.4. The molecule has 0 aliphatic rings. The third-order valence-corrected chi connectivity index (χ3v) is 4.71. The van der Waals surface area contributed by atoms with E-state index in [9.17, 15) is 4.79 Å². The minimum Gasteiger partial charge on any atom is -0.497 e. The van der Waals surface area contributed by atoms with E-state index < -0.39 is 6.03 Å². The number of hydrogen-bond acceptors (Lipinski definition) is 4. The van der Waals surface area contributed by atoms with Gasteiger partial charge in [-0.15, -0.1) is 0 Å². The number of carbonyl (C=O) groups is 1. The van der Waals surface area contributed by atoms with Crippen molar-refractivity contribution in [1.82, 2.24) is 9.38 Å². The number of pyridine rings is 1. The Labute approximate surface area is 174 Å². The predicted octanol–water partition coefficient (Wildman–Crippen LogP) is 4.97. The van der Waals surface area contributed by atoms with Gasteiger partial charge in [0.15, 0.2) is 0 Å². The van der Waals surface area contributed by atoms with Crippen LogP contribution in [0.25, 0.3) is 16.9 Å². The number of aromatic nitrogens is 2. The van der Waals surface area contributed by atoms with E-state index >= 15 is 0 Å². The molecule has 7 nitrogen and oxygen atoms in total. The quantitative estimate of drug-likeness (QED) is 0.494. The molecule has 2 aromatic heterocycles. The number of imidazole rings is 1. The van der Waals surface area contributed by atoms with Crippen molar-refractivity contribution in [2.75, 3.05) is 24.9 Å². The molecule has 0 atom stereocenters. The first-order chi connectivity index (χ1) is 14.6. The number of ether oxygens (including phenoxy) is 2. The Bertz CT molecular complexity index is 1220. The number of hydrogen-bond donors (Lipinski definition) is 2. The highest BCUT2D eigenvalue weighted by molar-refractivity contribution is 6.02. The molecule has 0 spiro atoms. The number of nitrogens with zero attached hydrogens (tertiary/aromatic N) is 2. The normalized spacial score (nSPS) is 10.6. The van der Waals surface area contributed by atoms with Crippen molar-refractivity contribution in [2.24, 2.45) is 0 Å². The van der Waals surface area contributed by atoms with Crippen LogP contribution in [0.15, 0.2) is 66.9 Å². The molecule has 0 aliphatic carbocycles. The second kappa shape index (κ2) is 8.16. The minimum atomic E-state index is -0.416. The lowest BCUT2D eigenvalue weighted by atomic mass is 10.1. The number of methoxy groups -OCH3 is 2. The summed E-state index contributed by atoms with van der Waals surface area (Å²) in [7, 11) is 3.11. The van der Waals surface area contributed by atoms with Crippen molar-refractivity contribution in [3.05, 3.63) is 72.4 Å². The number of rotatable bonds is 5. The average Bonchev–Trinajstić information content (AvgIpc) is 3.12. The van der Waals surface area contributed by atoms with Gasteiger partial charge < -0.3 is 14.8 Å². The number of carbonyl (C=O) groups excluding carboxylic acids is 1. The van der Waals surface area contributed by atoms with Crippen molar-refractivity contribution in [2.45, 2.75) is 6.92 Å². The summed E-state index contributed by atoms with van der Waals surface area (Å²) in [6.07, 6.45) is 1.86. The van der Waals surface area contributed by atoms with Crippen LogP contribution < -0.4 is 20.1 Å². The Morgan fingerprint density at radius 3 is 2.60 bits per heavy atom. The van der Waals surface area contributed by atoms with Crippen molar-refractivity contribution < 1.29 is 14.3 Å². The predicted molar refractivity (Wildman–Crippen MR) is 118 cm³/mol. The SMILES string of the molecule is COc1ccc(OC)c(NC(=O)Nc2c(-c3cccc(C)c3)nc3ccccn23)c1. The molecule has 4 rings (SSSR count). The number of amides is 2. The Hall–Kier alpha value is -4.00. The third-order valence-electron chi connectivity index (χ3n) is 4.71. The summed E-state index contributed by atoms with van der Waals surface area (Å²) in [5, 5.41) is 5.78. The molecular weight excluding hydrogens is 380 g/mol. The first-order valence-corrected chi connectivity index (χ1v) is 9.43. The largest absolute Gasteiger partial charge is 0.497 e. The summed E-state index contributed by atoms with van der Waals surface area (Å²) in [6, 6.07) is 18.5. The van der Waals surface area contributed by atoms with Gasteiger partial charge >= 0.3 is 6.03 Å². The van der Waals surface area contributed by atoms with Gasteiger partial charge in [0.25, 0.3) is 0 Å². The lowest BCUT2D eigenvalue weighted by Crippen LogP contribution is -2.21. The first kappa shape index (κ1) is 19.3. The average molecular weight is 402 g/mol. The fourth-order valence-electron chi connectivity index (χ4n) is 3.28. The van der Waals surface area contributed by atoms with E-state index in [1.165, 1.54) is 0 Å². The molecule has 2 aromatic carbocycles. The maximum absolute atomic E-state index is 12.9. The first-order valence-electron chi connectivity index (χ1n) is 9.43. The van der Waals surface area contributed by atoms with Crippen LogP contribution in [-0.4, -0.2) is 29.6 Å². The van der Waals surface area contributed by atoms with Gasteiger partial charge in [0, 0.05) is 17.8 Å². The van der Waals surface area contributed by atoms with E-state index in [2.05, 4.69) is 10.6 Å². The van der Waals surface area contributed by atoms with Gasteiger partial charge in [-0.1, -0.05) is 29.8 Å². The Kier molecular flexibility index (Phi) is 5.26. The van der Waals surface area contributed by atoms with Crippen LogP contribution in [0.2, 0.25) is 0 Å². The maximum atomic E-state index is 12.9. The Morgan fingerprint density at radius 2 is 1.83 bits per heavy atom. The van der Waals surface area contributed by atoms with E-state index in [-0.39, 0.29) is 0 Å². The zero-order chi connectivity index (χ0) is 21.1. The lowest BCUT2D eigenvalue weighted by Gasteiger charge is -2.13. The van der Waals surface area contributed by atoms with E-state index in [1.54, 1.807) is 32.4 Å². The van der Waals surface area contributed by atoms with Crippen molar-refractivity contribution in [1.29, 1.82) is 0 Å². The molecule has 0 aliphatic heterocycles. The fraction of sp³-hybridized carbons (Fsp3) is 0.130. The van der Waals surface area contributed by atoms with E-state index in [1.807, 2.05) is 60.0 Å². The smallest absolute Gasteiger partial charge is 0.324 e. The highest BCUT2D eigenvalue weighted by Gasteiger charge is 2.17. The van der Waals surface area contributed by atoms with Crippen molar-refractivity contribution in [3.63, 3.8) is 0 Å². The molecule has 30 heavy (non-hydrogen) atoms. The molecule has 0 bridgehead atoms. The van der Waals surface area contributed by atoms with Gasteiger partial charge in [-0.2, -0.15) is 0 Å². The molecule has 152 valence electrons. The molecule has 0 saturated heterocycles. The van der Waals surface area contributed by atoms with Crippen LogP contribution in [0.4, 0.5) is 16.3 Å². The molecule has 2 amide bonds. The number of nitrogens with one attached hydrogen (secondary N) is 2. The van der Waals surface area contributed by atoms with E-state index in [4.69, 9.17) is 14.5 Å². The molecule has 0 radical (unpaired) electrons. The number of anilines is 2. The summed E-state index contributed by atoms with van der Waals surface area (Å²) in [4.78, 5) is 17.6. The lowest BCUT2D eigenvalue weighted by molar-refractivity contribution is 0.262. The van der Waals surface area contributed by atoms with Gasteiger partial charge in [0.05, 0.1) is 19.9 Å². The van der Waals surface area contributed by atoms with E-state index in [0.29, 0.717) is 28.7 Å². The minimum absolute atomic E-state index is 0.416. The van der Waals surface area contributed by atoms with Gasteiger partial charge in [0.2, 0.25) is 0 Å². The standard InChI is InChI=1S/C23H22N4O3/c1-15-7-6-8-16(13-15)21-22(27-12-5-4-9-20(27)25-21)26-23(28)24-18-14-17(29-2)10-11-19(18)30-3/h4-14H,1-3H3,(H2,24,26,28). The Balaban J connectivity index is 1.70. The van der Waals surface area contributed by atoms with Gasteiger partial charge in [-0.3, -0.25) is 9.72 Å². The van der Waals surface area contributed by atoms with Gasteiger partial charge in [-0.05, 0) is 37.3 Å². The second-order valence-electron chi connectivity index (χ2n) is 6.75. The highest BCUT2D eigenvalue weighted by atomic mass is 16.5. The number of aryl methyl sites for hydroxylation is 1. The van der Waals surface area contributed by atoms with Crippen molar-refractivity contribution >= 4 is 23.2 Å². The zero-order valence-electron chi connectivity index (χ0n) is 17.0. The number of urea groups is 1. The number of fused-ring (bicyclic) bond motifs is 1. The molecule has 2 heterocycles. The number of benzene rings is 2. The summed E-state index contributed by atoms with van der Waals surface area (Å²) in [6.45, 7) is 2.02. The fourth-order valence-corrected chi connectivity index (χ4v) is 3.28. The molecule has 0 saturated carbocycles. The van der Waals surface area contributed by atoms with Crippen LogP contribution in [0.3, 0.4) is 0 Å². The molecule has 4 aromatic rings. The van der Waals surface area contributed by atoms with Crippen LogP contribution in [-0.2, 0) is 0 Å². The van der Waals surface area contributed by atoms with Crippen LogP contribution in [0.1, 0.15) is 5.56 Å². The summed E-state index contributed by atoms with van der Waals surface area (Å²) in [5.74, 6) is 1.72. The molecular formula is C23H22N4O3. The van der Waals surface area contributed by atoms with Crippen LogP contribution in [0, 0.1) is 6.92 Å². The monoisotopic (exact) mass is 402 g/mol. The van der Waals surface area contributed by atoms with Crippen molar-refractivity contribution in [3.8, 4) is 22.8 Å². The van der Waals surface area contributed by atoms with Gasteiger partial charge in [0.1, 0.15) is 28.7 Å². The summed E-state index contributed by atoms with van der Waals surface area (Å²) in [5.41, 5.74) is 3.97. The molecule has 0 fully saturated rings. The van der Waals surface area contributed by atoms with Gasteiger partial charge in [-0.25, -0.2) is 9.78 Å². The Morgan fingerprint density at radius 1 is 0.967 bits per heavy atom. The molecule has 7 heteroatoms. The maximum Gasteiger partial charge on any atom is 0.324 e. The van der Waals surface area contributed by atoms with E-state index in [0.717, 1.165) is 16.8 Å². The molecule has 2 N–H and O–H groups in total. The molecule has 0 unspecified atom stereocenters. The second-order valence-corrected chi connectivity index (χ2v) is 6.75. The highest BCUT2D eigenvalue weighted by Crippen LogP contribution is 2.31. The zero-order valence-corrected chi connectivity index (χ0v) is 17.0. The topological polar surface area (TPSA) is 76.9 Å².